The Balaban J connectivity index is 1.69. The van der Waals surface area contributed by atoms with E-state index in [0.29, 0.717) is 22.7 Å². The summed E-state index contributed by atoms with van der Waals surface area (Å²) in [7, 11) is 1.64. The molecule has 0 N–H and O–H groups in total. The fraction of sp³-hybridized carbons (Fsp3) is 0.263. The molecular weight excluding hydrogens is 350 g/mol. The first kappa shape index (κ1) is 17.3. The second-order valence-corrected chi connectivity index (χ2v) is 6.46. The number of halogens is 2. The van der Waals surface area contributed by atoms with E-state index >= 15 is 0 Å². The minimum absolute atomic E-state index is 0.00761. The number of rotatable bonds is 4. The first-order valence-corrected chi connectivity index (χ1v) is 8.51. The Morgan fingerprint density at radius 1 is 1.00 bits per heavy atom. The molecule has 0 aliphatic heterocycles. The van der Waals surface area contributed by atoms with E-state index in [2.05, 4.69) is 20.1 Å². The Bertz CT molecular complexity index is 1060. The predicted octanol–water partition coefficient (Wildman–Crippen LogP) is 3.86. The van der Waals surface area contributed by atoms with Crippen LogP contribution in [0.3, 0.4) is 0 Å². The molecule has 3 aromatic heterocycles. The second kappa shape index (κ2) is 6.53. The van der Waals surface area contributed by atoms with E-state index in [9.17, 15) is 8.78 Å². The van der Waals surface area contributed by atoms with E-state index in [1.54, 1.807) is 33.3 Å². The molecule has 0 saturated carbocycles. The standard InChI is InChI=1S/C19H18F2N6/c1-11-9-22-12(2)18-24-17(25-27(11)18)15(20)16(21)19-23-14(10-26(19)3)13-7-5-4-6-8-13/h4-10,15-16H,1-3H3/t15?,16-/m1/s1. The van der Waals surface area contributed by atoms with E-state index in [0.717, 1.165) is 5.56 Å². The molecule has 0 spiro atoms. The lowest BCUT2D eigenvalue weighted by Gasteiger charge is -2.10. The monoisotopic (exact) mass is 368 g/mol. The summed E-state index contributed by atoms with van der Waals surface area (Å²) in [5, 5.41) is 4.13. The first-order valence-electron chi connectivity index (χ1n) is 8.51. The van der Waals surface area contributed by atoms with Crippen molar-refractivity contribution in [3.63, 3.8) is 0 Å². The van der Waals surface area contributed by atoms with Crippen molar-refractivity contribution in [2.45, 2.75) is 26.2 Å². The lowest BCUT2D eigenvalue weighted by atomic mass is 10.2. The van der Waals surface area contributed by atoms with E-state index in [1.807, 2.05) is 30.3 Å². The van der Waals surface area contributed by atoms with Crippen LogP contribution in [0.15, 0.2) is 42.7 Å². The summed E-state index contributed by atoms with van der Waals surface area (Å²) < 4.78 is 32.9. The Morgan fingerprint density at radius 2 is 1.74 bits per heavy atom. The summed E-state index contributed by atoms with van der Waals surface area (Å²) in [6, 6.07) is 9.36. The largest absolute Gasteiger partial charge is 0.335 e. The molecule has 1 unspecified atom stereocenters. The van der Waals surface area contributed by atoms with Crippen LogP contribution < -0.4 is 0 Å². The van der Waals surface area contributed by atoms with Crippen molar-refractivity contribution < 1.29 is 8.78 Å². The third-order valence-corrected chi connectivity index (χ3v) is 4.46. The maximum atomic E-state index is 15.0. The maximum Gasteiger partial charge on any atom is 0.199 e. The van der Waals surface area contributed by atoms with Gasteiger partial charge in [0, 0.05) is 25.0 Å². The van der Waals surface area contributed by atoms with Gasteiger partial charge in [0.2, 0.25) is 0 Å². The van der Waals surface area contributed by atoms with Crippen molar-refractivity contribution in [1.29, 1.82) is 0 Å². The minimum atomic E-state index is -2.03. The number of benzene rings is 1. The highest BCUT2D eigenvalue weighted by Gasteiger charge is 2.32. The molecule has 0 fully saturated rings. The molecule has 0 aliphatic carbocycles. The molecule has 6 nitrogen and oxygen atoms in total. The highest BCUT2D eigenvalue weighted by atomic mass is 19.2. The smallest absolute Gasteiger partial charge is 0.199 e. The molecule has 8 heteroatoms. The Hall–Kier alpha value is -3.16. The average Bonchev–Trinajstić information content (AvgIpc) is 3.29. The number of fused-ring (bicyclic) bond motifs is 1. The van der Waals surface area contributed by atoms with Gasteiger partial charge in [0.25, 0.3) is 0 Å². The maximum absolute atomic E-state index is 15.0. The van der Waals surface area contributed by atoms with Crippen LogP contribution in [0.25, 0.3) is 16.9 Å². The van der Waals surface area contributed by atoms with Gasteiger partial charge >= 0.3 is 0 Å². The molecule has 138 valence electrons. The van der Waals surface area contributed by atoms with E-state index in [4.69, 9.17) is 0 Å². The van der Waals surface area contributed by atoms with E-state index < -0.39 is 12.3 Å². The number of aromatic nitrogens is 6. The highest BCUT2D eigenvalue weighted by Crippen LogP contribution is 2.34. The third-order valence-electron chi connectivity index (χ3n) is 4.46. The van der Waals surface area contributed by atoms with Gasteiger partial charge in [0.1, 0.15) is 5.82 Å². The van der Waals surface area contributed by atoms with Crippen LogP contribution >= 0.6 is 0 Å². The fourth-order valence-electron chi connectivity index (χ4n) is 2.97. The number of imidazole rings is 1. The summed E-state index contributed by atoms with van der Waals surface area (Å²) in [6.07, 6.45) is -0.725. The molecule has 27 heavy (non-hydrogen) atoms. The van der Waals surface area contributed by atoms with Crippen LogP contribution in [0.5, 0.6) is 0 Å². The van der Waals surface area contributed by atoms with Crippen molar-refractivity contribution in [2.75, 3.05) is 0 Å². The fourth-order valence-corrected chi connectivity index (χ4v) is 2.97. The van der Waals surface area contributed by atoms with Crippen LogP contribution in [0.2, 0.25) is 0 Å². The third kappa shape index (κ3) is 2.97. The summed E-state index contributed by atoms with van der Waals surface area (Å²) in [5.41, 5.74) is 3.14. The number of nitrogens with zero attached hydrogens (tertiary/aromatic N) is 6. The highest BCUT2D eigenvalue weighted by molar-refractivity contribution is 5.58. The summed E-state index contributed by atoms with van der Waals surface area (Å²) >= 11 is 0. The van der Waals surface area contributed by atoms with Gasteiger partial charge in [0.05, 0.1) is 17.1 Å². The molecule has 0 radical (unpaired) electrons. The van der Waals surface area contributed by atoms with Gasteiger partial charge in [-0.3, -0.25) is 4.98 Å². The van der Waals surface area contributed by atoms with E-state index in [1.165, 1.54) is 9.08 Å². The first-order chi connectivity index (χ1) is 13.0. The minimum Gasteiger partial charge on any atom is -0.335 e. The van der Waals surface area contributed by atoms with Crippen molar-refractivity contribution in [1.82, 2.24) is 29.1 Å². The molecule has 0 amide bonds. The molecule has 2 atom stereocenters. The van der Waals surface area contributed by atoms with Crippen LogP contribution in [-0.4, -0.2) is 29.1 Å². The van der Waals surface area contributed by atoms with Gasteiger partial charge in [-0.15, -0.1) is 5.10 Å². The molecule has 0 aliphatic rings. The number of hydrogen-bond donors (Lipinski definition) is 0. The summed E-state index contributed by atoms with van der Waals surface area (Å²) in [5.74, 6) is -0.224. The zero-order valence-electron chi connectivity index (χ0n) is 15.1. The zero-order chi connectivity index (χ0) is 19.1. The molecule has 1 aromatic carbocycles. The van der Waals surface area contributed by atoms with Crippen LogP contribution in [0.4, 0.5) is 8.78 Å². The SMILES string of the molecule is Cc1ncc(C)n2nc(C(F)[C@@H](F)c3nc(-c4ccccc4)cn3C)nc12. The van der Waals surface area contributed by atoms with Gasteiger partial charge in [-0.2, -0.15) is 0 Å². The van der Waals surface area contributed by atoms with Gasteiger partial charge < -0.3 is 4.57 Å². The molecule has 0 saturated heterocycles. The van der Waals surface area contributed by atoms with Crippen molar-refractivity contribution in [3.8, 4) is 11.3 Å². The molecule has 4 aromatic rings. The lowest BCUT2D eigenvalue weighted by Crippen LogP contribution is -2.09. The molecule has 4 rings (SSSR count). The summed E-state index contributed by atoms with van der Waals surface area (Å²) in [4.78, 5) is 12.6. The number of alkyl halides is 2. The second-order valence-electron chi connectivity index (χ2n) is 6.46. The van der Waals surface area contributed by atoms with Gasteiger partial charge in [-0.1, -0.05) is 30.3 Å². The van der Waals surface area contributed by atoms with Gasteiger partial charge in [-0.25, -0.2) is 23.3 Å². The van der Waals surface area contributed by atoms with Crippen LogP contribution in [-0.2, 0) is 7.05 Å². The van der Waals surface area contributed by atoms with E-state index in [-0.39, 0.29) is 11.6 Å². The van der Waals surface area contributed by atoms with Crippen molar-refractivity contribution in [2.24, 2.45) is 7.05 Å². The Kier molecular flexibility index (Phi) is 4.18. The van der Waals surface area contributed by atoms with Gasteiger partial charge in [-0.05, 0) is 13.8 Å². The van der Waals surface area contributed by atoms with Crippen LogP contribution in [0, 0.1) is 13.8 Å². The Labute approximate surface area is 154 Å². The predicted molar refractivity (Wildman–Crippen MR) is 96.6 cm³/mol. The molecule has 0 bridgehead atoms. The quantitative estimate of drug-likeness (QED) is 0.549. The average molecular weight is 368 g/mol. The normalized spacial score (nSPS) is 13.8. The van der Waals surface area contributed by atoms with Crippen molar-refractivity contribution in [3.05, 3.63) is 65.8 Å². The number of aryl methyl sites for hydroxylation is 3. The van der Waals surface area contributed by atoms with Crippen LogP contribution in [0.1, 0.15) is 35.4 Å². The zero-order valence-corrected chi connectivity index (χ0v) is 15.1. The van der Waals surface area contributed by atoms with Crippen molar-refractivity contribution >= 4 is 5.65 Å². The van der Waals surface area contributed by atoms with Gasteiger partial charge in [0.15, 0.2) is 23.8 Å². The number of hydrogen-bond acceptors (Lipinski definition) is 4. The molecule has 3 heterocycles. The molecular formula is C19H18F2N6. The topological polar surface area (TPSA) is 60.9 Å². The Morgan fingerprint density at radius 3 is 2.44 bits per heavy atom. The summed E-state index contributed by atoms with van der Waals surface area (Å²) in [6.45, 7) is 3.53. The lowest BCUT2D eigenvalue weighted by molar-refractivity contribution is 0.151.